The third-order valence-electron chi connectivity index (χ3n) is 5.64. The van der Waals surface area contributed by atoms with Crippen molar-refractivity contribution in [1.82, 2.24) is 14.6 Å². The maximum absolute atomic E-state index is 13.7. The number of aliphatic hydroxyl groups is 1. The number of ether oxygens (including phenoxy) is 3. The van der Waals surface area contributed by atoms with Gasteiger partial charge in [0.1, 0.15) is 29.6 Å². The second-order valence-electron chi connectivity index (χ2n) is 8.82. The van der Waals surface area contributed by atoms with Crippen LogP contribution in [0.5, 0.6) is 5.75 Å². The van der Waals surface area contributed by atoms with Crippen molar-refractivity contribution in [2.45, 2.75) is 57.0 Å². The highest BCUT2D eigenvalue weighted by Crippen LogP contribution is 2.50. The highest BCUT2D eigenvalue weighted by atomic mass is 31.2. The Morgan fingerprint density at radius 2 is 2.00 bits per heavy atom. The number of hydrogen-bond donors (Lipinski definition) is 3. The van der Waals surface area contributed by atoms with Crippen LogP contribution in [0.3, 0.4) is 0 Å². The Balaban J connectivity index is 1.54. The number of H-pyrrole nitrogens is 1. The van der Waals surface area contributed by atoms with E-state index in [4.69, 9.17) is 23.3 Å². The summed E-state index contributed by atoms with van der Waals surface area (Å²) in [6, 6.07) is 8.26. The first-order chi connectivity index (χ1) is 17.0. The lowest BCUT2D eigenvalue weighted by Crippen LogP contribution is -2.46. The van der Waals surface area contributed by atoms with E-state index in [1.165, 1.54) is 13.1 Å². The molecule has 6 atom stereocenters. The van der Waals surface area contributed by atoms with E-state index in [0.29, 0.717) is 0 Å². The second kappa shape index (κ2) is 10.3. The molecule has 2 aliphatic heterocycles. The molecule has 36 heavy (non-hydrogen) atoms. The quantitative estimate of drug-likeness (QED) is 0.295. The van der Waals surface area contributed by atoms with Crippen LogP contribution >= 0.6 is 7.75 Å². The van der Waals surface area contributed by atoms with Crippen molar-refractivity contribution in [2.75, 3.05) is 13.2 Å². The molecular weight excluding hydrogens is 497 g/mol. The zero-order valence-electron chi connectivity index (χ0n) is 19.9. The van der Waals surface area contributed by atoms with Gasteiger partial charge in [-0.1, -0.05) is 18.2 Å². The van der Waals surface area contributed by atoms with Crippen LogP contribution in [0, 0.1) is 0 Å². The van der Waals surface area contributed by atoms with Gasteiger partial charge >= 0.3 is 19.4 Å². The minimum atomic E-state index is -4.23. The summed E-state index contributed by atoms with van der Waals surface area (Å²) in [7, 11) is -4.23. The van der Waals surface area contributed by atoms with E-state index in [0.717, 1.165) is 10.6 Å². The molecule has 2 saturated heterocycles. The van der Waals surface area contributed by atoms with E-state index in [2.05, 4.69) is 10.1 Å². The molecule has 3 heterocycles. The number of aromatic nitrogens is 2. The van der Waals surface area contributed by atoms with Gasteiger partial charge in [-0.3, -0.25) is 23.7 Å². The minimum Gasteiger partial charge on any atom is -0.462 e. The Morgan fingerprint density at radius 1 is 1.28 bits per heavy atom. The number of esters is 1. The fourth-order valence-corrected chi connectivity index (χ4v) is 5.44. The van der Waals surface area contributed by atoms with Crippen LogP contribution in [-0.2, 0) is 28.1 Å². The molecule has 0 aliphatic carbocycles. The first-order valence-electron chi connectivity index (χ1n) is 11.3. The molecule has 2 fully saturated rings. The molecular formula is C22H28N3O10P. The molecule has 2 aliphatic rings. The van der Waals surface area contributed by atoms with Crippen LogP contribution in [0.15, 0.2) is 52.2 Å². The second-order valence-corrected chi connectivity index (χ2v) is 10.5. The monoisotopic (exact) mass is 525 g/mol. The molecule has 2 bridgehead atoms. The van der Waals surface area contributed by atoms with Crippen LogP contribution in [0.4, 0.5) is 0 Å². The molecule has 13 nitrogen and oxygen atoms in total. The van der Waals surface area contributed by atoms with E-state index in [1.807, 2.05) is 0 Å². The van der Waals surface area contributed by atoms with Gasteiger partial charge < -0.3 is 23.8 Å². The standard InChI is InChI=1S/C22H28N3O10P/c1-13(2)33-20(28)14(3)24-36(30,35-15-7-5-4-6-8-15)32-12-22-11-31-17(18(22)27)19(34-22)25-10-9-16(26)23-21(25)29/h4-10,13-14,17-19,27H,11-12H2,1-3H3,(H,24,30)(H,23,26,29)/t14-,17+,18-,19+,22+,36+/m0/s1. The number of benzene rings is 1. The first kappa shape index (κ1) is 26.3. The van der Waals surface area contributed by atoms with Crippen molar-refractivity contribution in [3.05, 3.63) is 63.4 Å². The van der Waals surface area contributed by atoms with Gasteiger partial charge in [0.2, 0.25) is 0 Å². The van der Waals surface area contributed by atoms with Crippen LogP contribution < -0.4 is 20.9 Å². The van der Waals surface area contributed by atoms with Crippen molar-refractivity contribution in [3.8, 4) is 5.75 Å². The lowest BCUT2D eigenvalue weighted by molar-refractivity contribution is -0.185. The zero-order valence-corrected chi connectivity index (χ0v) is 20.8. The van der Waals surface area contributed by atoms with Gasteiger partial charge in [0, 0.05) is 12.3 Å². The molecule has 196 valence electrons. The summed E-state index contributed by atoms with van der Waals surface area (Å²) >= 11 is 0. The number of hydrogen-bond acceptors (Lipinski definition) is 10. The smallest absolute Gasteiger partial charge is 0.459 e. The summed E-state index contributed by atoms with van der Waals surface area (Å²) in [5.74, 6) is -0.455. The SMILES string of the molecule is CC(C)OC(=O)[C@H](C)N[P@@](=O)(OC[C@@]12CO[C@@H]([C@H](n3ccc(=O)[nH]c3=O)O1)[C@@H]2O)Oc1ccccc1. The number of aromatic amines is 1. The van der Waals surface area contributed by atoms with Crippen molar-refractivity contribution >= 4 is 13.7 Å². The average molecular weight is 525 g/mol. The van der Waals surface area contributed by atoms with Crippen molar-refractivity contribution < 1.29 is 37.7 Å². The predicted molar refractivity (Wildman–Crippen MR) is 124 cm³/mol. The molecule has 2 aromatic rings. The van der Waals surface area contributed by atoms with Gasteiger partial charge in [-0.05, 0) is 32.9 Å². The summed E-state index contributed by atoms with van der Waals surface area (Å²) < 4.78 is 42.8. The molecule has 1 aromatic carbocycles. The summed E-state index contributed by atoms with van der Waals surface area (Å²) in [6.45, 7) is 4.22. The van der Waals surface area contributed by atoms with Crippen molar-refractivity contribution in [2.24, 2.45) is 0 Å². The third kappa shape index (κ3) is 5.46. The van der Waals surface area contributed by atoms with Crippen molar-refractivity contribution in [1.29, 1.82) is 0 Å². The topological polar surface area (TPSA) is 167 Å². The Hall–Kier alpha value is -2.80. The molecule has 1 aromatic heterocycles. The molecule has 4 rings (SSSR count). The number of aliphatic hydroxyl groups excluding tert-OH is 1. The Bertz CT molecular complexity index is 1250. The van der Waals surface area contributed by atoms with Crippen LogP contribution in [0.25, 0.3) is 0 Å². The largest absolute Gasteiger partial charge is 0.462 e. The molecule has 0 radical (unpaired) electrons. The first-order valence-corrected chi connectivity index (χ1v) is 12.8. The number of rotatable bonds is 10. The number of nitrogens with one attached hydrogen (secondary N) is 2. The lowest BCUT2D eigenvalue weighted by Gasteiger charge is -2.32. The van der Waals surface area contributed by atoms with Gasteiger partial charge in [0.15, 0.2) is 6.23 Å². The average Bonchev–Trinajstić information content (AvgIpc) is 3.27. The van der Waals surface area contributed by atoms with Gasteiger partial charge in [0.25, 0.3) is 5.56 Å². The molecule has 0 spiro atoms. The Labute approximate surface area is 205 Å². The van der Waals surface area contributed by atoms with Crippen LogP contribution in [0.2, 0.25) is 0 Å². The van der Waals surface area contributed by atoms with Gasteiger partial charge in [-0.15, -0.1) is 0 Å². The molecule has 0 amide bonds. The maximum atomic E-state index is 13.7. The van der Waals surface area contributed by atoms with Crippen LogP contribution in [-0.4, -0.2) is 63.8 Å². The van der Waals surface area contributed by atoms with E-state index < -0.39 is 61.7 Å². The van der Waals surface area contributed by atoms with Gasteiger partial charge in [-0.25, -0.2) is 9.36 Å². The summed E-state index contributed by atoms with van der Waals surface area (Å²) in [5.41, 5.74) is -2.83. The lowest BCUT2D eigenvalue weighted by atomic mass is 10.0. The Morgan fingerprint density at radius 3 is 2.67 bits per heavy atom. The fourth-order valence-electron chi connectivity index (χ4n) is 3.90. The Kier molecular flexibility index (Phi) is 7.51. The van der Waals surface area contributed by atoms with E-state index in [-0.39, 0.29) is 18.5 Å². The number of para-hydroxylation sites is 1. The summed E-state index contributed by atoms with van der Waals surface area (Å²) in [4.78, 5) is 38.1. The summed E-state index contributed by atoms with van der Waals surface area (Å²) in [5, 5.41) is 13.4. The predicted octanol–water partition coefficient (Wildman–Crippen LogP) is 0.697. The van der Waals surface area contributed by atoms with E-state index in [9.17, 15) is 24.1 Å². The number of nitrogens with zero attached hydrogens (tertiary/aromatic N) is 1. The number of carbonyl (C=O) groups is 1. The highest BCUT2D eigenvalue weighted by molar-refractivity contribution is 7.52. The number of fused-ring (bicyclic) bond motifs is 2. The minimum absolute atomic E-state index is 0.121. The van der Waals surface area contributed by atoms with Crippen LogP contribution in [0.1, 0.15) is 27.0 Å². The molecule has 0 saturated carbocycles. The van der Waals surface area contributed by atoms with Gasteiger partial charge in [-0.2, -0.15) is 5.09 Å². The fraction of sp³-hybridized carbons (Fsp3) is 0.500. The molecule has 14 heteroatoms. The molecule has 3 N–H and O–H groups in total. The van der Waals surface area contributed by atoms with Gasteiger partial charge in [0.05, 0.1) is 19.3 Å². The highest BCUT2D eigenvalue weighted by Gasteiger charge is 2.62. The molecule has 0 unspecified atom stereocenters. The normalized spacial score (nSPS) is 27.5. The number of carbonyl (C=O) groups excluding carboxylic acids is 1. The summed E-state index contributed by atoms with van der Waals surface area (Å²) in [6.07, 6.45) is -2.43. The maximum Gasteiger partial charge on any atom is 0.459 e. The van der Waals surface area contributed by atoms with E-state index in [1.54, 1.807) is 44.2 Å². The zero-order chi connectivity index (χ0) is 26.1. The third-order valence-corrected chi connectivity index (χ3v) is 7.26. The van der Waals surface area contributed by atoms with E-state index >= 15 is 0 Å². The van der Waals surface area contributed by atoms with Crippen molar-refractivity contribution in [3.63, 3.8) is 0 Å².